The summed E-state index contributed by atoms with van der Waals surface area (Å²) in [7, 11) is 1.66. The molecule has 1 fully saturated rings. The van der Waals surface area contributed by atoms with Crippen molar-refractivity contribution in [2.24, 2.45) is 11.7 Å². The van der Waals surface area contributed by atoms with Gasteiger partial charge in [0.05, 0.1) is 30.4 Å². The van der Waals surface area contributed by atoms with Gasteiger partial charge in [0.15, 0.2) is 0 Å². The van der Waals surface area contributed by atoms with Gasteiger partial charge in [0, 0.05) is 13.1 Å². The fourth-order valence-electron chi connectivity index (χ4n) is 2.05. The SMILES string of the molecule is CN(C(=O)C1COCC1N)c1ccccc1C#N. The van der Waals surface area contributed by atoms with Crippen molar-refractivity contribution in [3.63, 3.8) is 0 Å². The lowest BCUT2D eigenvalue weighted by Gasteiger charge is -2.23. The van der Waals surface area contributed by atoms with Gasteiger partial charge in [-0.25, -0.2) is 0 Å². The van der Waals surface area contributed by atoms with Gasteiger partial charge < -0.3 is 15.4 Å². The number of benzene rings is 1. The first-order chi connectivity index (χ1) is 8.65. The van der Waals surface area contributed by atoms with Crippen LogP contribution in [0, 0.1) is 17.2 Å². The number of rotatable bonds is 2. The lowest BCUT2D eigenvalue weighted by Crippen LogP contribution is -2.42. The van der Waals surface area contributed by atoms with E-state index in [4.69, 9.17) is 15.7 Å². The van der Waals surface area contributed by atoms with Crippen LogP contribution in [0.5, 0.6) is 0 Å². The third kappa shape index (κ3) is 2.21. The third-order valence-corrected chi connectivity index (χ3v) is 3.16. The Morgan fingerprint density at radius 2 is 2.22 bits per heavy atom. The Kier molecular flexibility index (Phi) is 3.60. The highest BCUT2D eigenvalue weighted by Crippen LogP contribution is 2.22. The molecular formula is C13H15N3O2. The maximum atomic E-state index is 12.3. The summed E-state index contributed by atoms with van der Waals surface area (Å²) in [6.07, 6.45) is 0. The summed E-state index contributed by atoms with van der Waals surface area (Å²) in [5.74, 6) is -0.440. The molecule has 1 saturated heterocycles. The molecule has 1 aromatic carbocycles. The van der Waals surface area contributed by atoms with Gasteiger partial charge in [-0.2, -0.15) is 5.26 Å². The van der Waals surface area contributed by atoms with Crippen LogP contribution in [0.2, 0.25) is 0 Å². The molecule has 18 heavy (non-hydrogen) atoms. The summed E-state index contributed by atoms with van der Waals surface area (Å²) in [5, 5.41) is 9.03. The number of nitrogens with zero attached hydrogens (tertiary/aromatic N) is 2. The molecule has 94 valence electrons. The second-order valence-corrected chi connectivity index (χ2v) is 4.33. The number of amides is 1. The topological polar surface area (TPSA) is 79.3 Å². The molecule has 1 aliphatic rings. The first-order valence-corrected chi connectivity index (χ1v) is 5.75. The van der Waals surface area contributed by atoms with Gasteiger partial charge in [0.25, 0.3) is 0 Å². The molecule has 0 saturated carbocycles. The number of hydrogen-bond acceptors (Lipinski definition) is 4. The van der Waals surface area contributed by atoms with Gasteiger partial charge in [0.1, 0.15) is 6.07 Å². The van der Waals surface area contributed by atoms with E-state index in [-0.39, 0.29) is 17.9 Å². The average Bonchev–Trinajstić information content (AvgIpc) is 2.83. The van der Waals surface area contributed by atoms with E-state index in [1.165, 1.54) is 4.90 Å². The van der Waals surface area contributed by atoms with Gasteiger partial charge in [0.2, 0.25) is 5.91 Å². The molecular weight excluding hydrogens is 230 g/mol. The van der Waals surface area contributed by atoms with Gasteiger partial charge in [-0.15, -0.1) is 0 Å². The number of hydrogen-bond donors (Lipinski definition) is 1. The highest BCUT2D eigenvalue weighted by molar-refractivity contribution is 5.96. The number of nitrogens with two attached hydrogens (primary N) is 1. The molecule has 2 unspecified atom stereocenters. The third-order valence-electron chi connectivity index (χ3n) is 3.16. The Hall–Kier alpha value is -1.90. The minimum atomic E-state index is -0.332. The van der Waals surface area contributed by atoms with E-state index in [2.05, 4.69) is 6.07 Å². The standard InChI is InChI=1S/C13H15N3O2/c1-16(12-5-3-2-4-9(12)6-14)13(17)10-7-18-8-11(10)15/h2-5,10-11H,7-8,15H2,1H3. The molecule has 2 rings (SSSR count). The largest absolute Gasteiger partial charge is 0.379 e. The van der Waals surface area contributed by atoms with E-state index in [0.717, 1.165) is 0 Å². The monoisotopic (exact) mass is 245 g/mol. The summed E-state index contributed by atoms with van der Waals surface area (Å²) in [5.41, 5.74) is 6.90. The van der Waals surface area contributed by atoms with Crippen molar-refractivity contribution in [2.75, 3.05) is 25.2 Å². The van der Waals surface area contributed by atoms with Crippen LogP contribution >= 0.6 is 0 Å². The van der Waals surface area contributed by atoms with Gasteiger partial charge in [-0.1, -0.05) is 12.1 Å². The zero-order chi connectivity index (χ0) is 13.1. The van der Waals surface area contributed by atoms with E-state index in [9.17, 15) is 4.79 Å². The smallest absolute Gasteiger partial charge is 0.233 e. The number of anilines is 1. The summed E-state index contributed by atoms with van der Waals surface area (Å²) in [6, 6.07) is 8.81. The molecule has 1 aliphatic heterocycles. The molecule has 1 amide bonds. The molecule has 5 nitrogen and oxygen atoms in total. The fraction of sp³-hybridized carbons (Fsp3) is 0.385. The number of carbonyl (C=O) groups excluding carboxylic acids is 1. The molecule has 1 aromatic rings. The molecule has 0 bridgehead atoms. The van der Waals surface area contributed by atoms with Crippen molar-refractivity contribution in [1.29, 1.82) is 5.26 Å². The normalized spacial score (nSPS) is 22.5. The Morgan fingerprint density at radius 3 is 2.83 bits per heavy atom. The van der Waals surface area contributed by atoms with Crippen molar-refractivity contribution in [1.82, 2.24) is 0 Å². The molecule has 5 heteroatoms. The van der Waals surface area contributed by atoms with Gasteiger partial charge in [-0.3, -0.25) is 4.79 Å². The number of carbonyl (C=O) groups is 1. The number of nitriles is 1. The maximum absolute atomic E-state index is 12.3. The van der Waals surface area contributed by atoms with Crippen LogP contribution in [0.1, 0.15) is 5.56 Å². The van der Waals surface area contributed by atoms with Gasteiger partial charge in [-0.05, 0) is 12.1 Å². The lowest BCUT2D eigenvalue weighted by atomic mass is 10.0. The van der Waals surface area contributed by atoms with Crippen molar-refractivity contribution in [3.05, 3.63) is 29.8 Å². The van der Waals surface area contributed by atoms with Crippen LogP contribution in [0.25, 0.3) is 0 Å². The zero-order valence-electron chi connectivity index (χ0n) is 10.2. The quantitative estimate of drug-likeness (QED) is 0.822. The minimum Gasteiger partial charge on any atom is -0.379 e. The van der Waals surface area contributed by atoms with Crippen molar-refractivity contribution in [2.45, 2.75) is 6.04 Å². The highest BCUT2D eigenvalue weighted by Gasteiger charge is 2.34. The summed E-state index contributed by atoms with van der Waals surface area (Å²) >= 11 is 0. The zero-order valence-corrected chi connectivity index (χ0v) is 10.2. The predicted octanol–water partition coefficient (Wildman–Crippen LogP) is 0.495. The van der Waals surface area contributed by atoms with Crippen molar-refractivity contribution >= 4 is 11.6 Å². The Labute approximate surface area is 106 Å². The van der Waals surface area contributed by atoms with E-state index < -0.39 is 0 Å². The van der Waals surface area contributed by atoms with Crippen LogP contribution in [-0.4, -0.2) is 32.2 Å². The summed E-state index contributed by atoms with van der Waals surface area (Å²) in [4.78, 5) is 13.8. The molecule has 0 aromatic heterocycles. The van der Waals surface area contributed by atoms with E-state index >= 15 is 0 Å². The average molecular weight is 245 g/mol. The van der Waals surface area contributed by atoms with E-state index in [1.54, 1.807) is 31.3 Å². The first kappa shape index (κ1) is 12.6. The number of ether oxygens (including phenoxy) is 1. The molecule has 2 N–H and O–H groups in total. The molecule has 1 heterocycles. The Morgan fingerprint density at radius 1 is 1.50 bits per heavy atom. The van der Waals surface area contributed by atoms with Crippen LogP contribution in [0.4, 0.5) is 5.69 Å². The minimum absolute atomic E-state index is 0.109. The predicted molar refractivity (Wildman–Crippen MR) is 66.9 cm³/mol. The first-order valence-electron chi connectivity index (χ1n) is 5.75. The van der Waals surface area contributed by atoms with Gasteiger partial charge >= 0.3 is 0 Å². The van der Waals surface area contributed by atoms with Crippen LogP contribution < -0.4 is 10.6 Å². The highest BCUT2D eigenvalue weighted by atomic mass is 16.5. The molecule has 0 spiro atoms. The molecule has 0 radical (unpaired) electrons. The summed E-state index contributed by atoms with van der Waals surface area (Å²) < 4.78 is 5.20. The second-order valence-electron chi connectivity index (χ2n) is 4.33. The van der Waals surface area contributed by atoms with Crippen LogP contribution in [0.15, 0.2) is 24.3 Å². The van der Waals surface area contributed by atoms with Crippen molar-refractivity contribution in [3.8, 4) is 6.07 Å². The fourth-order valence-corrected chi connectivity index (χ4v) is 2.05. The van der Waals surface area contributed by atoms with Crippen LogP contribution in [0.3, 0.4) is 0 Å². The van der Waals surface area contributed by atoms with Crippen molar-refractivity contribution < 1.29 is 9.53 Å². The molecule has 2 atom stereocenters. The maximum Gasteiger partial charge on any atom is 0.233 e. The second kappa shape index (κ2) is 5.17. The lowest BCUT2D eigenvalue weighted by molar-refractivity contribution is -0.122. The number of para-hydroxylation sites is 1. The van der Waals surface area contributed by atoms with Crippen LogP contribution in [-0.2, 0) is 9.53 Å². The Balaban J connectivity index is 2.23. The van der Waals surface area contributed by atoms with E-state index in [1.807, 2.05) is 0 Å². The summed E-state index contributed by atoms with van der Waals surface area (Å²) in [6.45, 7) is 0.753. The Bertz CT molecular complexity index is 495. The molecule has 0 aliphatic carbocycles. The van der Waals surface area contributed by atoms with E-state index in [0.29, 0.717) is 24.5 Å².